The number of nitrogens with zero attached hydrogens (tertiary/aromatic N) is 1. The second-order valence-corrected chi connectivity index (χ2v) is 6.39. The molecule has 2 N–H and O–H groups in total. The molecule has 0 radical (unpaired) electrons. The van der Waals surface area contributed by atoms with E-state index in [1.807, 2.05) is 6.92 Å². The maximum Gasteiger partial charge on any atom is 0.0943 e. The maximum atomic E-state index is 6.09. The van der Waals surface area contributed by atoms with Crippen molar-refractivity contribution in [3.63, 3.8) is 0 Å². The number of aromatic nitrogens is 1. The Labute approximate surface area is 96.9 Å². The van der Waals surface area contributed by atoms with Crippen molar-refractivity contribution in [2.75, 3.05) is 0 Å². The van der Waals surface area contributed by atoms with Crippen LogP contribution in [-0.2, 0) is 6.42 Å². The van der Waals surface area contributed by atoms with Gasteiger partial charge in [-0.1, -0.05) is 20.8 Å². The summed E-state index contributed by atoms with van der Waals surface area (Å²) in [7, 11) is 0. The first-order chi connectivity index (χ1) is 6.87. The largest absolute Gasteiger partial charge is 0.327 e. The lowest BCUT2D eigenvalue weighted by Gasteiger charge is -2.20. The molecule has 0 spiro atoms. The Morgan fingerprint density at radius 1 is 1.47 bits per heavy atom. The highest BCUT2D eigenvalue weighted by atomic mass is 32.1. The molecule has 0 fully saturated rings. The molecule has 0 aliphatic rings. The maximum absolute atomic E-state index is 6.09. The van der Waals surface area contributed by atoms with E-state index in [4.69, 9.17) is 5.73 Å². The Morgan fingerprint density at radius 3 is 2.60 bits per heavy atom. The minimum absolute atomic E-state index is 0.259. The summed E-state index contributed by atoms with van der Waals surface area (Å²) in [5.74, 6) is 0. The van der Waals surface area contributed by atoms with Crippen LogP contribution in [0.25, 0.3) is 0 Å². The molecule has 2 nitrogen and oxygen atoms in total. The number of thiazole rings is 1. The van der Waals surface area contributed by atoms with Crippen LogP contribution < -0.4 is 5.73 Å². The van der Waals surface area contributed by atoms with E-state index < -0.39 is 0 Å². The van der Waals surface area contributed by atoms with Crippen molar-refractivity contribution < 1.29 is 0 Å². The van der Waals surface area contributed by atoms with E-state index in [1.165, 1.54) is 11.4 Å². The molecule has 0 amide bonds. The second-order valence-electron chi connectivity index (χ2n) is 5.45. The lowest BCUT2D eigenvalue weighted by Crippen LogP contribution is -2.24. The van der Waals surface area contributed by atoms with Gasteiger partial charge in [-0.05, 0) is 25.2 Å². The molecule has 0 saturated heterocycles. The van der Waals surface area contributed by atoms with E-state index in [0.29, 0.717) is 5.41 Å². The van der Waals surface area contributed by atoms with Crippen LogP contribution in [0.1, 0.15) is 44.3 Å². The lowest BCUT2D eigenvalue weighted by atomic mass is 9.88. The number of nitrogens with two attached hydrogens (primary N) is 1. The third-order valence-electron chi connectivity index (χ3n) is 2.37. The van der Waals surface area contributed by atoms with Crippen molar-refractivity contribution in [2.24, 2.45) is 11.1 Å². The summed E-state index contributed by atoms with van der Waals surface area (Å²) in [6, 6.07) is 0.259. The zero-order valence-corrected chi connectivity index (χ0v) is 11.0. The molecule has 0 aromatic carbocycles. The molecule has 86 valence electrons. The van der Waals surface area contributed by atoms with Crippen molar-refractivity contribution in [2.45, 2.75) is 53.0 Å². The summed E-state index contributed by atoms with van der Waals surface area (Å²) in [6.45, 7) is 8.80. The molecular weight excluding hydrogens is 204 g/mol. The van der Waals surface area contributed by atoms with Crippen molar-refractivity contribution in [3.05, 3.63) is 16.1 Å². The van der Waals surface area contributed by atoms with Gasteiger partial charge < -0.3 is 5.73 Å². The van der Waals surface area contributed by atoms with Gasteiger partial charge in [0.05, 0.1) is 5.01 Å². The Morgan fingerprint density at radius 2 is 2.13 bits per heavy atom. The van der Waals surface area contributed by atoms with E-state index in [1.54, 1.807) is 11.3 Å². The summed E-state index contributed by atoms with van der Waals surface area (Å²) in [4.78, 5) is 4.43. The van der Waals surface area contributed by atoms with Gasteiger partial charge in [-0.2, -0.15) is 0 Å². The molecule has 0 aliphatic carbocycles. The van der Waals surface area contributed by atoms with Crippen molar-refractivity contribution in [1.29, 1.82) is 0 Å². The van der Waals surface area contributed by atoms with Crippen molar-refractivity contribution >= 4 is 11.3 Å². The summed E-state index contributed by atoms with van der Waals surface area (Å²) in [6.07, 6.45) is 3.19. The second kappa shape index (κ2) is 5.08. The van der Waals surface area contributed by atoms with Gasteiger partial charge in [0.25, 0.3) is 0 Å². The van der Waals surface area contributed by atoms with E-state index >= 15 is 0 Å². The minimum atomic E-state index is 0.259. The van der Waals surface area contributed by atoms with Crippen LogP contribution in [0.4, 0.5) is 0 Å². The molecule has 1 heterocycles. The first kappa shape index (κ1) is 12.7. The topological polar surface area (TPSA) is 38.9 Å². The van der Waals surface area contributed by atoms with E-state index in [2.05, 4.69) is 31.1 Å². The number of rotatable bonds is 4. The Bertz CT molecular complexity index is 299. The van der Waals surface area contributed by atoms with E-state index in [0.717, 1.165) is 18.5 Å². The average Bonchev–Trinajstić information content (AvgIpc) is 2.47. The predicted octanol–water partition coefficient (Wildman–Crippen LogP) is 3.15. The standard InChI is InChI=1S/C12H22N2S/c1-9-8-15-11(14-9)7-10(13)5-6-12(2,3)4/h8,10H,5-7,13H2,1-4H3. The van der Waals surface area contributed by atoms with Gasteiger partial charge in [0.15, 0.2) is 0 Å². The van der Waals surface area contributed by atoms with E-state index in [9.17, 15) is 0 Å². The lowest BCUT2D eigenvalue weighted by molar-refractivity contribution is 0.347. The number of hydrogen-bond donors (Lipinski definition) is 1. The van der Waals surface area contributed by atoms with Crippen molar-refractivity contribution in [1.82, 2.24) is 4.98 Å². The molecule has 15 heavy (non-hydrogen) atoms. The van der Waals surface area contributed by atoms with Gasteiger partial charge in [0.2, 0.25) is 0 Å². The minimum Gasteiger partial charge on any atom is -0.327 e. The first-order valence-corrected chi connectivity index (χ1v) is 6.41. The predicted molar refractivity (Wildman–Crippen MR) is 67.2 cm³/mol. The average molecular weight is 226 g/mol. The number of aryl methyl sites for hydroxylation is 1. The quantitative estimate of drug-likeness (QED) is 0.856. The van der Waals surface area contributed by atoms with Gasteiger partial charge in [0.1, 0.15) is 0 Å². The monoisotopic (exact) mass is 226 g/mol. The third-order valence-corrected chi connectivity index (χ3v) is 3.36. The molecule has 3 heteroatoms. The highest BCUT2D eigenvalue weighted by Crippen LogP contribution is 2.22. The van der Waals surface area contributed by atoms with Gasteiger partial charge in [-0.25, -0.2) is 4.98 Å². The highest BCUT2D eigenvalue weighted by Gasteiger charge is 2.13. The normalized spacial score (nSPS) is 14.2. The summed E-state index contributed by atoms with van der Waals surface area (Å²) < 4.78 is 0. The molecule has 1 aromatic heterocycles. The zero-order chi connectivity index (χ0) is 11.5. The Balaban J connectivity index is 2.33. The molecule has 1 unspecified atom stereocenters. The molecule has 0 aliphatic heterocycles. The van der Waals surface area contributed by atoms with Crippen LogP contribution in [0, 0.1) is 12.3 Å². The van der Waals surface area contributed by atoms with Crippen molar-refractivity contribution in [3.8, 4) is 0 Å². The van der Waals surface area contributed by atoms with Crippen LogP contribution in [-0.4, -0.2) is 11.0 Å². The van der Waals surface area contributed by atoms with Crippen LogP contribution in [0.15, 0.2) is 5.38 Å². The fourth-order valence-corrected chi connectivity index (χ4v) is 2.31. The molecule has 1 atom stereocenters. The summed E-state index contributed by atoms with van der Waals surface area (Å²) in [5, 5.41) is 3.26. The summed E-state index contributed by atoms with van der Waals surface area (Å²) in [5.41, 5.74) is 7.58. The molecule has 0 saturated carbocycles. The third kappa shape index (κ3) is 5.28. The summed E-state index contributed by atoms with van der Waals surface area (Å²) >= 11 is 1.72. The van der Waals surface area contributed by atoms with Gasteiger partial charge in [0, 0.05) is 23.5 Å². The Hall–Kier alpha value is -0.410. The zero-order valence-electron chi connectivity index (χ0n) is 10.2. The molecular formula is C12H22N2S. The van der Waals surface area contributed by atoms with Crippen LogP contribution >= 0.6 is 11.3 Å². The van der Waals surface area contributed by atoms with E-state index in [-0.39, 0.29) is 6.04 Å². The van der Waals surface area contributed by atoms with Crippen LogP contribution in [0.5, 0.6) is 0 Å². The van der Waals surface area contributed by atoms with Crippen LogP contribution in [0.3, 0.4) is 0 Å². The van der Waals surface area contributed by atoms with Gasteiger partial charge >= 0.3 is 0 Å². The molecule has 1 rings (SSSR count). The first-order valence-electron chi connectivity index (χ1n) is 5.53. The SMILES string of the molecule is Cc1csc(CC(N)CCC(C)(C)C)n1. The highest BCUT2D eigenvalue weighted by molar-refractivity contribution is 7.09. The smallest absolute Gasteiger partial charge is 0.0943 e. The van der Waals surface area contributed by atoms with Crippen LogP contribution in [0.2, 0.25) is 0 Å². The van der Waals surface area contributed by atoms with Gasteiger partial charge in [-0.3, -0.25) is 0 Å². The fourth-order valence-electron chi connectivity index (χ4n) is 1.44. The molecule has 0 bridgehead atoms. The van der Waals surface area contributed by atoms with Gasteiger partial charge in [-0.15, -0.1) is 11.3 Å². The number of hydrogen-bond acceptors (Lipinski definition) is 3. The Kier molecular flexibility index (Phi) is 4.29. The fraction of sp³-hybridized carbons (Fsp3) is 0.750. The molecule has 1 aromatic rings.